The van der Waals surface area contributed by atoms with Crippen molar-refractivity contribution in [3.05, 3.63) is 29.8 Å². The van der Waals surface area contributed by atoms with Crippen LogP contribution >= 0.6 is 24.0 Å². The highest BCUT2D eigenvalue weighted by Gasteiger charge is 2.17. The van der Waals surface area contributed by atoms with Crippen molar-refractivity contribution >= 4 is 39.8 Å². The molecule has 1 aromatic rings. The largest absolute Gasteiger partial charge is 0.356 e. The lowest BCUT2D eigenvalue weighted by atomic mass is 9.87. The van der Waals surface area contributed by atoms with E-state index in [1.54, 1.807) is 19.2 Å². The Morgan fingerprint density at radius 2 is 1.73 bits per heavy atom. The van der Waals surface area contributed by atoms with E-state index in [9.17, 15) is 8.42 Å². The van der Waals surface area contributed by atoms with Crippen molar-refractivity contribution < 1.29 is 8.42 Å². The van der Waals surface area contributed by atoms with Gasteiger partial charge in [-0.3, -0.25) is 4.99 Å². The minimum Gasteiger partial charge on any atom is -0.356 e. The topological polar surface area (TPSA) is 70.6 Å². The lowest BCUT2D eigenvalue weighted by molar-refractivity contribution is 0.318. The van der Waals surface area contributed by atoms with E-state index in [2.05, 4.69) is 36.4 Å². The van der Waals surface area contributed by atoms with Crippen LogP contribution < -0.4 is 10.6 Å². The predicted molar refractivity (Wildman–Crippen MR) is 121 cm³/mol. The summed E-state index contributed by atoms with van der Waals surface area (Å²) in [6.07, 6.45) is 6.18. The Morgan fingerprint density at radius 3 is 2.23 bits per heavy atom. The first-order valence-electron chi connectivity index (χ1n) is 8.91. The van der Waals surface area contributed by atoms with E-state index in [1.165, 1.54) is 31.9 Å². The molecular formula is C19H34IN3O2S. The molecule has 0 unspecified atom stereocenters. The van der Waals surface area contributed by atoms with Gasteiger partial charge in [0.05, 0.1) is 4.90 Å². The van der Waals surface area contributed by atoms with Gasteiger partial charge >= 0.3 is 0 Å². The van der Waals surface area contributed by atoms with Gasteiger partial charge in [-0.25, -0.2) is 8.42 Å². The zero-order chi connectivity index (χ0) is 18.9. The minimum absolute atomic E-state index is 0. The number of benzene rings is 1. The van der Waals surface area contributed by atoms with Crippen LogP contribution in [0, 0.1) is 5.41 Å². The SMILES string of the molecule is CCCCCC(C)(C)CNC(=NC)NCc1ccc(S(C)(=O)=O)cc1.I. The van der Waals surface area contributed by atoms with Crippen LogP contribution in [0.2, 0.25) is 0 Å². The standard InChI is InChI=1S/C19H33N3O2S.HI/c1-6-7-8-13-19(2,3)15-22-18(20-4)21-14-16-9-11-17(12-10-16)25(5,23)24;/h9-12H,6-8,13-15H2,1-5H3,(H2,20,21,22);1H. The molecule has 0 heterocycles. The van der Waals surface area contributed by atoms with Gasteiger partial charge in [0, 0.05) is 26.4 Å². The molecule has 0 bridgehead atoms. The van der Waals surface area contributed by atoms with E-state index in [1.807, 2.05) is 12.1 Å². The van der Waals surface area contributed by atoms with E-state index in [0.29, 0.717) is 11.4 Å². The smallest absolute Gasteiger partial charge is 0.191 e. The lowest BCUT2D eigenvalue weighted by Gasteiger charge is -2.26. The fourth-order valence-electron chi connectivity index (χ4n) is 2.53. The van der Waals surface area contributed by atoms with Crippen LogP contribution in [0.25, 0.3) is 0 Å². The van der Waals surface area contributed by atoms with E-state index in [4.69, 9.17) is 0 Å². The summed E-state index contributed by atoms with van der Waals surface area (Å²) in [7, 11) is -1.39. The fraction of sp³-hybridized carbons (Fsp3) is 0.632. The highest BCUT2D eigenvalue weighted by atomic mass is 127. The van der Waals surface area contributed by atoms with Gasteiger partial charge in [-0.05, 0) is 29.5 Å². The number of rotatable bonds is 9. The van der Waals surface area contributed by atoms with E-state index in [0.717, 1.165) is 18.1 Å². The number of nitrogens with zero attached hydrogens (tertiary/aromatic N) is 1. The van der Waals surface area contributed by atoms with E-state index < -0.39 is 9.84 Å². The van der Waals surface area contributed by atoms with Gasteiger partial charge in [0.1, 0.15) is 0 Å². The molecule has 7 heteroatoms. The Bertz CT molecular complexity index is 656. The molecule has 0 saturated heterocycles. The van der Waals surface area contributed by atoms with Gasteiger partial charge in [-0.15, -0.1) is 24.0 Å². The maximum atomic E-state index is 11.5. The molecule has 0 saturated carbocycles. The minimum atomic E-state index is -3.15. The van der Waals surface area contributed by atoms with Crippen molar-refractivity contribution in [2.75, 3.05) is 19.8 Å². The van der Waals surface area contributed by atoms with Crippen molar-refractivity contribution in [3.8, 4) is 0 Å². The zero-order valence-electron chi connectivity index (χ0n) is 16.6. The molecule has 0 atom stereocenters. The Balaban J connectivity index is 0.00000625. The van der Waals surface area contributed by atoms with Crippen LogP contribution in [0.1, 0.15) is 52.0 Å². The first kappa shape index (κ1) is 25.2. The molecule has 5 nitrogen and oxygen atoms in total. The van der Waals surface area contributed by atoms with Crippen LogP contribution in [0.4, 0.5) is 0 Å². The number of nitrogens with one attached hydrogen (secondary N) is 2. The second-order valence-electron chi connectivity index (χ2n) is 7.32. The molecule has 1 aromatic carbocycles. The Kier molecular flexibility index (Phi) is 11.4. The molecular weight excluding hydrogens is 461 g/mol. The third kappa shape index (κ3) is 9.75. The van der Waals surface area contributed by atoms with Crippen LogP contribution in [0.3, 0.4) is 0 Å². The van der Waals surface area contributed by atoms with Gasteiger partial charge in [0.2, 0.25) is 0 Å². The van der Waals surface area contributed by atoms with Crippen molar-refractivity contribution in [2.24, 2.45) is 10.4 Å². The van der Waals surface area contributed by atoms with Gasteiger partial charge in [-0.2, -0.15) is 0 Å². The molecule has 0 spiro atoms. The Labute approximate surface area is 176 Å². The monoisotopic (exact) mass is 495 g/mol. The quantitative estimate of drug-likeness (QED) is 0.235. The van der Waals surface area contributed by atoms with Crippen molar-refractivity contribution in [1.82, 2.24) is 10.6 Å². The van der Waals surface area contributed by atoms with Crippen molar-refractivity contribution in [1.29, 1.82) is 0 Å². The van der Waals surface area contributed by atoms with Crippen molar-refractivity contribution in [2.45, 2.75) is 57.9 Å². The highest BCUT2D eigenvalue weighted by molar-refractivity contribution is 14.0. The third-order valence-electron chi connectivity index (χ3n) is 4.23. The van der Waals surface area contributed by atoms with Crippen molar-refractivity contribution in [3.63, 3.8) is 0 Å². The number of hydrogen-bond acceptors (Lipinski definition) is 3. The van der Waals surface area contributed by atoms with Crippen LogP contribution in [0.15, 0.2) is 34.2 Å². The molecule has 0 aliphatic heterocycles. The molecule has 26 heavy (non-hydrogen) atoms. The van der Waals surface area contributed by atoms with E-state index in [-0.39, 0.29) is 29.4 Å². The number of halogens is 1. The summed E-state index contributed by atoms with van der Waals surface area (Å²) in [5, 5.41) is 6.66. The van der Waals surface area contributed by atoms with Gasteiger partial charge in [0.25, 0.3) is 0 Å². The molecule has 0 aromatic heterocycles. The average Bonchev–Trinajstić information content (AvgIpc) is 2.54. The van der Waals surface area contributed by atoms with Gasteiger partial charge < -0.3 is 10.6 Å². The molecule has 2 N–H and O–H groups in total. The molecule has 0 aliphatic carbocycles. The summed E-state index contributed by atoms with van der Waals surface area (Å²) in [4.78, 5) is 4.60. The predicted octanol–water partition coefficient (Wildman–Crippen LogP) is 3.98. The first-order chi connectivity index (χ1) is 11.7. The maximum absolute atomic E-state index is 11.5. The molecule has 0 fully saturated rings. The summed E-state index contributed by atoms with van der Waals surface area (Å²) in [6, 6.07) is 6.93. The number of unbranched alkanes of at least 4 members (excludes halogenated alkanes) is 2. The second-order valence-corrected chi connectivity index (χ2v) is 9.33. The highest BCUT2D eigenvalue weighted by Crippen LogP contribution is 2.22. The molecule has 0 amide bonds. The summed E-state index contributed by atoms with van der Waals surface area (Å²) < 4.78 is 23.0. The van der Waals surface area contributed by atoms with Crippen LogP contribution in [-0.2, 0) is 16.4 Å². The average molecular weight is 495 g/mol. The molecule has 1 rings (SSSR count). The maximum Gasteiger partial charge on any atom is 0.191 e. The number of guanidine groups is 1. The zero-order valence-corrected chi connectivity index (χ0v) is 19.8. The normalized spacial score (nSPS) is 12.4. The summed E-state index contributed by atoms with van der Waals surface area (Å²) in [5.41, 5.74) is 1.24. The fourth-order valence-corrected chi connectivity index (χ4v) is 3.16. The third-order valence-corrected chi connectivity index (χ3v) is 5.36. The Hall–Kier alpha value is -0.830. The van der Waals surface area contributed by atoms with Crippen LogP contribution in [0.5, 0.6) is 0 Å². The number of hydrogen-bond donors (Lipinski definition) is 2. The number of aliphatic imine (C=N–C) groups is 1. The van der Waals surface area contributed by atoms with Gasteiger partial charge in [0.15, 0.2) is 15.8 Å². The summed E-state index contributed by atoms with van der Waals surface area (Å²) >= 11 is 0. The molecule has 0 radical (unpaired) electrons. The Morgan fingerprint density at radius 1 is 1.12 bits per heavy atom. The van der Waals surface area contributed by atoms with Gasteiger partial charge in [-0.1, -0.05) is 52.2 Å². The number of sulfone groups is 1. The molecule has 150 valence electrons. The lowest BCUT2D eigenvalue weighted by Crippen LogP contribution is -2.41. The summed E-state index contributed by atoms with van der Waals surface area (Å²) in [6.45, 7) is 8.22. The van der Waals surface area contributed by atoms with E-state index >= 15 is 0 Å². The summed E-state index contributed by atoms with van der Waals surface area (Å²) in [5.74, 6) is 0.760. The first-order valence-corrected chi connectivity index (χ1v) is 10.8. The van der Waals surface area contributed by atoms with Crippen LogP contribution in [-0.4, -0.2) is 34.2 Å². The molecule has 0 aliphatic rings. The second kappa shape index (κ2) is 11.8.